The van der Waals surface area contributed by atoms with E-state index in [1.54, 1.807) is 0 Å². The summed E-state index contributed by atoms with van der Waals surface area (Å²) in [5.41, 5.74) is 3.24. The molecule has 0 spiro atoms. The molecule has 0 aromatic rings. The number of hydrogen-bond acceptors (Lipinski definition) is 10. The molecule has 0 aromatic heterocycles. The molecule has 7 aliphatic rings. The fourth-order valence-electron chi connectivity index (χ4n) is 13.0. The van der Waals surface area contributed by atoms with E-state index in [2.05, 4.69) is 147 Å². The summed E-state index contributed by atoms with van der Waals surface area (Å²) in [4.78, 5) is 16.3. The average molecular weight is 1050 g/mol. The van der Waals surface area contributed by atoms with Crippen LogP contribution >= 0.6 is 0 Å². The van der Waals surface area contributed by atoms with Gasteiger partial charge in [-0.3, -0.25) is 29.4 Å². The van der Waals surface area contributed by atoms with Crippen molar-refractivity contribution in [3.05, 3.63) is 0 Å². The summed E-state index contributed by atoms with van der Waals surface area (Å²) in [6.07, 6.45) is 3.29. The summed E-state index contributed by atoms with van der Waals surface area (Å²) in [7, 11) is 3.87. The molecular weight excluding hydrogens is 922 g/mol. The van der Waals surface area contributed by atoms with Crippen LogP contribution in [-0.4, -0.2) is 216 Å². The Morgan fingerprint density at radius 2 is 0.863 bits per heavy atom. The second-order valence-electron chi connectivity index (χ2n) is 26.4. The maximum atomic E-state index is 15.0. The van der Waals surface area contributed by atoms with E-state index in [4.69, 9.17) is 15.2 Å². The lowest BCUT2D eigenvalue weighted by atomic mass is 9.86. The van der Waals surface area contributed by atoms with Crippen LogP contribution in [0.25, 0.3) is 0 Å². The monoisotopic (exact) mass is 1050 g/mol. The summed E-state index contributed by atoms with van der Waals surface area (Å²) in [5.74, 6) is 0.829. The van der Waals surface area contributed by atoms with Gasteiger partial charge in [0.05, 0.1) is 26.4 Å². The van der Waals surface area contributed by atoms with E-state index in [9.17, 15) is 8.78 Å². The highest BCUT2D eigenvalue weighted by molar-refractivity contribution is 5.20. The summed E-state index contributed by atoms with van der Waals surface area (Å²) in [5, 5.41) is 0. The second-order valence-corrected chi connectivity index (χ2v) is 26.4. The molecule has 73 heavy (non-hydrogen) atoms. The molecule has 7 rings (SSSR count). The van der Waals surface area contributed by atoms with Crippen molar-refractivity contribution in [1.82, 2.24) is 34.3 Å². The molecule has 0 amide bonds. The number of alkyl halides is 3. The van der Waals surface area contributed by atoms with Crippen molar-refractivity contribution in [2.75, 3.05) is 113 Å². The highest BCUT2D eigenvalue weighted by Crippen LogP contribution is 2.64. The van der Waals surface area contributed by atoms with Gasteiger partial charge in [-0.1, -0.05) is 62.3 Å². The Kier molecular flexibility index (Phi) is 30.4. The molecule has 6 aliphatic heterocycles. The van der Waals surface area contributed by atoms with Crippen molar-refractivity contribution in [1.29, 1.82) is 0 Å². The summed E-state index contributed by atoms with van der Waals surface area (Å²) in [6.45, 7) is 65.2. The Labute approximate surface area is 453 Å². The van der Waals surface area contributed by atoms with Crippen LogP contribution in [0.4, 0.5) is 13.2 Å². The molecule has 6 heterocycles. The van der Waals surface area contributed by atoms with Crippen molar-refractivity contribution in [3.8, 4) is 0 Å². The number of nitrogens with two attached hydrogens (primary N) is 1. The molecule has 10 nitrogen and oxygen atoms in total. The fourth-order valence-corrected chi connectivity index (χ4v) is 13.0. The number of nitrogens with zero attached hydrogens (tertiary/aromatic N) is 7. The van der Waals surface area contributed by atoms with Crippen molar-refractivity contribution in [3.63, 3.8) is 0 Å². The first-order valence-corrected chi connectivity index (χ1v) is 29.7. The average Bonchev–Trinajstić information content (AvgIpc) is 3.48. The first-order valence-electron chi connectivity index (χ1n) is 29.7. The quantitative estimate of drug-likeness (QED) is 0.267. The van der Waals surface area contributed by atoms with E-state index in [0.29, 0.717) is 87.1 Å². The zero-order chi connectivity index (χ0) is 57.4. The van der Waals surface area contributed by atoms with Crippen LogP contribution in [-0.2, 0) is 9.47 Å². The normalized spacial score (nSPS) is 34.4. The van der Waals surface area contributed by atoms with Crippen molar-refractivity contribution in [2.45, 2.75) is 268 Å². The van der Waals surface area contributed by atoms with E-state index < -0.39 is 17.0 Å². The maximum Gasteiger partial charge on any atom is 0.137 e. The van der Waals surface area contributed by atoms with Crippen LogP contribution in [0.15, 0.2) is 0 Å². The van der Waals surface area contributed by atoms with E-state index in [1.807, 2.05) is 74.4 Å². The lowest BCUT2D eigenvalue weighted by molar-refractivity contribution is 0.00493. The third-order valence-corrected chi connectivity index (χ3v) is 15.9. The van der Waals surface area contributed by atoms with Gasteiger partial charge in [-0.05, 0) is 162 Å². The Balaban J connectivity index is 0.000000911. The molecule has 1 unspecified atom stereocenters. The molecule has 440 valence electrons. The second kappa shape index (κ2) is 30.7. The molecule has 6 saturated heterocycles. The molecule has 1 saturated carbocycles. The number of halogens is 3. The van der Waals surface area contributed by atoms with Gasteiger partial charge in [-0.25, -0.2) is 13.2 Å². The molecule has 0 bridgehead atoms. The van der Waals surface area contributed by atoms with Gasteiger partial charge >= 0.3 is 0 Å². The predicted octanol–water partition coefficient (Wildman–Crippen LogP) is 11.9. The van der Waals surface area contributed by atoms with Gasteiger partial charge in [0.25, 0.3) is 0 Å². The zero-order valence-corrected chi connectivity index (χ0v) is 53.6. The highest BCUT2D eigenvalue weighted by atomic mass is 19.2. The Morgan fingerprint density at radius 1 is 0.521 bits per heavy atom. The predicted molar refractivity (Wildman–Crippen MR) is 312 cm³/mol. The van der Waals surface area contributed by atoms with E-state index >= 15 is 4.39 Å². The van der Waals surface area contributed by atoms with Crippen LogP contribution in [0.1, 0.15) is 199 Å². The molecule has 1 aliphatic carbocycles. The minimum atomic E-state index is -1.16. The van der Waals surface area contributed by atoms with Crippen LogP contribution in [0.5, 0.6) is 0 Å². The van der Waals surface area contributed by atoms with Crippen molar-refractivity contribution < 1.29 is 22.6 Å². The Hall–Kier alpha value is -0.610. The molecule has 0 aromatic carbocycles. The van der Waals surface area contributed by atoms with Crippen molar-refractivity contribution in [2.24, 2.45) is 17.1 Å². The molecule has 7 fully saturated rings. The fraction of sp³-hybridized carbons (Fsp3) is 1.00. The highest BCUT2D eigenvalue weighted by Gasteiger charge is 2.67. The minimum Gasteiger partial charge on any atom is -0.379 e. The first kappa shape index (κ1) is 72.4. The Bertz CT molecular complexity index is 1470. The molecule has 0 radical (unpaired) electrons. The summed E-state index contributed by atoms with van der Waals surface area (Å²) < 4.78 is 54.2. The topological polar surface area (TPSA) is 67.2 Å². The smallest absolute Gasteiger partial charge is 0.137 e. The van der Waals surface area contributed by atoms with Gasteiger partial charge in [-0.2, -0.15) is 0 Å². The van der Waals surface area contributed by atoms with Gasteiger partial charge in [0.15, 0.2) is 0 Å². The van der Waals surface area contributed by atoms with E-state index in [-0.39, 0.29) is 23.2 Å². The molecule has 2 N–H and O–H groups in total. The molecule has 10 atom stereocenters. The van der Waals surface area contributed by atoms with Gasteiger partial charge in [0, 0.05) is 124 Å². The number of morpholine rings is 2. The number of fused-ring (bicyclic) bond motifs is 1. The number of likely N-dealkylation sites (tertiary alicyclic amines) is 4. The zero-order valence-electron chi connectivity index (χ0n) is 53.6. The Morgan fingerprint density at radius 3 is 1.18 bits per heavy atom. The van der Waals surface area contributed by atoms with Gasteiger partial charge in [0.1, 0.15) is 17.0 Å². The van der Waals surface area contributed by atoms with E-state index in [1.165, 1.54) is 13.0 Å². The number of hydrogen-bond donors (Lipinski definition) is 1. The van der Waals surface area contributed by atoms with Crippen LogP contribution in [0.3, 0.4) is 0 Å². The van der Waals surface area contributed by atoms with Crippen molar-refractivity contribution >= 4 is 0 Å². The lowest BCUT2D eigenvalue weighted by Gasteiger charge is -2.41. The number of ether oxygens (including phenoxy) is 2. The van der Waals surface area contributed by atoms with Crippen LogP contribution < -0.4 is 5.73 Å². The third kappa shape index (κ3) is 21.9. The molecule has 13 heteroatoms. The van der Waals surface area contributed by atoms with Crippen LogP contribution in [0.2, 0.25) is 0 Å². The number of piperidine rings is 1. The van der Waals surface area contributed by atoms with Gasteiger partial charge in [-0.15, -0.1) is 0 Å². The minimum absolute atomic E-state index is 0.0441. The first-order chi connectivity index (χ1) is 33.6. The van der Waals surface area contributed by atoms with Gasteiger partial charge < -0.3 is 20.1 Å². The third-order valence-electron chi connectivity index (χ3n) is 15.9. The maximum absolute atomic E-state index is 15.0. The summed E-state index contributed by atoms with van der Waals surface area (Å²) >= 11 is 0. The van der Waals surface area contributed by atoms with Crippen LogP contribution in [0, 0.1) is 11.3 Å². The standard InChI is InChI=1S/C16H30N2O.C14H27FN2O.C12H25FN2.C10H21FN2.4C2H6/c1-12-13(11-17-6-8-19-9-7-17)16(5)10-14(16)18(12)15(2,3)4;1-12-9-14(15,11-17(12)13(2,3)4)10-16-5-7-18-8-6-16;1-10-7-12(13,8-14(5)6)9-15(10)11(2,3)4;1-8-5-10(11,6-12)7-13(8)9(2,3)4;4*1-2/h12-14H,6-11H2,1-5H3;12H,5-11H2,1-4H3;10H,7-9H2,1-6H3;8H,5-7,12H2,1-4H3;4*1-2H3/t12-,13?,14-,16-;12-,14+;10-,12+;8-,10+;;;;/m1111..../s1. The summed E-state index contributed by atoms with van der Waals surface area (Å²) in [6, 6.07) is 2.51. The molecular formula is C60H127F3N8O2. The van der Waals surface area contributed by atoms with Gasteiger partial charge in [0.2, 0.25) is 0 Å². The van der Waals surface area contributed by atoms with E-state index in [0.717, 1.165) is 64.6 Å². The number of rotatable bonds is 7. The largest absolute Gasteiger partial charge is 0.379 e. The SMILES string of the molecule is CC.CC.CC.CC.C[C@@H]1C(CN2CCOCC2)[C@@]2(C)C[C@H]2N1C(C)(C)C.C[C@@H]1C[C@](F)(CN(C)C)CN1C(C)(C)C.C[C@@H]1C[C@](F)(CN)CN1C(C)(C)C.C[C@@H]1C[C@](F)(CN2CCOCC2)CN1C(C)(C)C. The lowest BCUT2D eigenvalue weighted by Crippen LogP contribution is -2.49.